The van der Waals surface area contributed by atoms with Gasteiger partial charge in [-0.1, -0.05) is 13.0 Å². The predicted molar refractivity (Wildman–Crippen MR) is 91.0 cm³/mol. The fourth-order valence-electron chi connectivity index (χ4n) is 3.05. The lowest BCUT2D eigenvalue weighted by molar-refractivity contribution is -0.148. The number of carboxylic acid groups (broad SMARTS) is 1. The van der Waals surface area contributed by atoms with E-state index in [0.717, 1.165) is 5.56 Å². The zero-order valence-electron chi connectivity index (χ0n) is 14.9. The first kappa shape index (κ1) is 19.1. The first-order chi connectivity index (χ1) is 12.0. The van der Waals surface area contributed by atoms with Crippen molar-refractivity contribution < 1.29 is 28.9 Å². The Morgan fingerprint density at radius 1 is 1.32 bits per heavy atom. The van der Waals surface area contributed by atoms with E-state index in [4.69, 9.17) is 19.3 Å². The van der Waals surface area contributed by atoms with E-state index in [1.807, 2.05) is 25.1 Å². The van der Waals surface area contributed by atoms with Crippen molar-refractivity contribution in [3.8, 4) is 11.5 Å². The molecule has 0 spiro atoms. The van der Waals surface area contributed by atoms with Crippen LogP contribution in [0.5, 0.6) is 11.5 Å². The lowest BCUT2D eigenvalue weighted by Gasteiger charge is -2.36. The Morgan fingerprint density at radius 3 is 2.68 bits per heavy atom. The highest BCUT2D eigenvalue weighted by Crippen LogP contribution is 2.29. The number of ether oxygens (including phenoxy) is 3. The van der Waals surface area contributed by atoms with E-state index in [2.05, 4.69) is 0 Å². The standard InChI is InChI=1S/C18H25NO6/c1-12(8-13-4-5-15(23-2)16(9-13)24-3)18(22)19-6-7-25-11-14(19)10-17(20)21/h4-5,9,12,14H,6-8,10-11H2,1-3H3,(H,20,21). The Morgan fingerprint density at radius 2 is 2.04 bits per heavy atom. The number of morpholine rings is 1. The average Bonchev–Trinajstić information content (AvgIpc) is 2.60. The van der Waals surface area contributed by atoms with Gasteiger partial charge < -0.3 is 24.2 Å². The highest BCUT2D eigenvalue weighted by atomic mass is 16.5. The summed E-state index contributed by atoms with van der Waals surface area (Å²) in [6, 6.07) is 5.16. The van der Waals surface area contributed by atoms with Gasteiger partial charge in [-0.05, 0) is 24.1 Å². The molecule has 1 fully saturated rings. The van der Waals surface area contributed by atoms with Crippen LogP contribution in [0.25, 0.3) is 0 Å². The molecule has 0 aliphatic carbocycles. The third kappa shape index (κ3) is 4.85. The molecule has 25 heavy (non-hydrogen) atoms. The molecule has 1 aliphatic heterocycles. The second kappa shape index (κ2) is 8.71. The molecule has 1 aliphatic rings. The molecule has 1 saturated heterocycles. The Hall–Kier alpha value is -2.28. The number of benzene rings is 1. The van der Waals surface area contributed by atoms with Crippen LogP contribution in [0.2, 0.25) is 0 Å². The van der Waals surface area contributed by atoms with Gasteiger partial charge in [0.1, 0.15) is 0 Å². The van der Waals surface area contributed by atoms with Gasteiger partial charge in [-0.25, -0.2) is 0 Å². The molecule has 7 heteroatoms. The molecule has 2 unspecified atom stereocenters. The fourth-order valence-corrected chi connectivity index (χ4v) is 3.05. The molecule has 138 valence electrons. The maximum absolute atomic E-state index is 12.8. The monoisotopic (exact) mass is 351 g/mol. The van der Waals surface area contributed by atoms with Crippen LogP contribution in [0.4, 0.5) is 0 Å². The molecule has 1 amide bonds. The largest absolute Gasteiger partial charge is 0.493 e. The molecular formula is C18H25NO6. The Labute approximate surface area is 147 Å². The van der Waals surface area contributed by atoms with Gasteiger partial charge in [0, 0.05) is 12.5 Å². The lowest BCUT2D eigenvalue weighted by Crippen LogP contribution is -2.51. The summed E-state index contributed by atoms with van der Waals surface area (Å²) >= 11 is 0. The van der Waals surface area contributed by atoms with Crippen LogP contribution in [0.15, 0.2) is 18.2 Å². The highest BCUT2D eigenvalue weighted by molar-refractivity contribution is 5.80. The van der Waals surface area contributed by atoms with Gasteiger partial charge in [0.2, 0.25) is 5.91 Å². The molecule has 1 N–H and O–H groups in total. The minimum absolute atomic E-state index is 0.0515. The number of amides is 1. The maximum Gasteiger partial charge on any atom is 0.305 e. The number of carboxylic acids is 1. The smallest absolute Gasteiger partial charge is 0.305 e. The van der Waals surface area contributed by atoms with Crippen molar-refractivity contribution in [3.05, 3.63) is 23.8 Å². The summed E-state index contributed by atoms with van der Waals surface area (Å²) in [6.45, 7) is 2.98. The fraction of sp³-hybridized carbons (Fsp3) is 0.556. The van der Waals surface area contributed by atoms with E-state index in [0.29, 0.717) is 31.1 Å². The molecule has 7 nitrogen and oxygen atoms in total. The SMILES string of the molecule is COc1ccc(CC(C)C(=O)N2CCOCC2CC(=O)O)cc1OC. The topological polar surface area (TPSA) is 85.3 Å². The molecule has 1 aromatic rings. The van der Waals surface area contributed by atoms with E-state index < -0.39 is 12.0 Å². The third-order valence-electron chi connectivity index (χ3n) is 4.33. The van der Waals surface area contributed by atoms with Crippen LogP contribution in [0.1, 0.15) is 18.9 Å². The number of carbonyl (C=O) groups is 2. The summed E-state index contributed by atoms with van der Waals surface area (Å²) in [5.74, 6) is 0.00683. The van der Waals surface area contributed by atoms with Gasteiger partial charge >= 0.3 is 5.97 Å². The zero-order chi connectivity index (χ0) is 18.4. The number of rotatable bonds is 7. The Balaban J connectivity index is 2.07. The molecular weight excluding hydrogens is 326 g/mol. The highest BCUT2D eigenvalue weighted by Gasteiger charge is 2.31. The van der Waals surface area contributed by atoms with Gasteiger partial charge in [-0.3, -0.25) is 9.59 Å². The minimum atomic E-state index is -0.930. The van der Waals surface area contributed by atoms with Crippen molar-refractivity contribution >= 4 is 11.9 Å². The molecule has 0 radical (unpaired) electrons. The summed E-state index contributed by atoms with van der Waals surface area (Å²) < 4.78 is 15.8. The average molecular weight is 351 g/mol. The second-order valence-corrected chi connectivity index (χ2v) is 6.15. The van der Waals surface area contributed by atoms with Crippen LogP contribution in [0, 0.1) is 5.92 Å². The molecule has 0 aromatic heterocycles. The molecule has 0 bridgehead atoms. The van der Waals surface area contributed by atoms with Crippen LogP contribution in [0.3, 0.4) is 0 Å². The van der Waals surface area contributed by atoms with Crippen LogP contribution < -0.4 is 9.47 Å². The van der Waals surface area contributed by atoms with Gasteiger partial charge in [0.05, 0.1) is 39.9 Å². The van der Waals surface area contributed by atoms with E-state index in [9.17, 15) is 9.59 Å². The molecule has 1 heterocycles. The van der Waals surface area contributed by atoms with Crippen LogP contribution in [-0.4, -0.2) is 61.9 Å². The van der Waals surface area contributed by atoms with Crippen molar-refractivity contribution in [2.45, 2.75) is 25.8 Å². The van der Waals surface area contributed by atoms with Crippen molar-refractivity contribution in [2.24, 2.45) is 5.92 Å². The first-order valence-electron chi connectivity index (χ1n) is 8.27. The molecule has 2 atom stereocenters. The maximum atomic E-state index is 12.8. The van der Waals surface area contributed by atoms with Crippen LogP contribution >= 0.6 is 0 Å². The number of nitrogens with zero attached hydrogens (tertiary/aromatic N) is 1. The lowest BCUT2D eigenvalue weighted by atomic mass is 9.98. The van der Waals surface area contributed by atoms with Gasteiger partial charge in [-0.15, -0.1) is 0 Å². The second-order valence-electron chi connectivity index (χ2n) is 6.15. The summed E-state index contributed by atoms with van der Waals surface area (Å²) in [5.41, 5.74) is 0.960. The van der Waals surface area contributed by atoms with E-state index in [-0.39, 0.29) is 24.9 Å². The minimum Gasteiger partial charge on any atom is -0.493 e. The van der Waals surface area contributed by atoms with E-state index >= 15 is 0 Å². The summed E-state index contributed by atoms with van der Waals surface area (Å²) in [7, 11) is 3.14. The van der Waals surface area contributed by atoms with Gasteiger partial charge in [0.15, 0.2) is 11.5 Å². The summed E-state index contributed by atoms with van der Waals surface area (Å²) in [4.78, 5) is 25.4. The molecule has 2 rings (SSSR count). The first-order valence-corrected chi connectivity index (χ1v) is 8.27. The quantitative estimate of drug-likeness (QED) is 0.803. The number of carbonyl (C=O) groups excluding carboxylic acids is 1. The Kier molecular flexibility index (Phi) is 6.64. The van der Waals surface area contributed by atoms with Crippen molar-refractivity contribution in [3.63, 3.8) is 0 Å². The summed E-state index contributed by atoms with van der Waals surface area (Å²) in [5, 5.41) is 9.03. The van der Waals surface area contributed by atoms with Crippen molar-refractivity contribution in [1.29, 1.82) is 0 Å². The third-order valence-corrected chi connectivity index (χ3v) is 4.33. The predicted octanol–water partition coefficient (Wildman–Crippen LogP) is 1.58. The van der Waals surface area contributed by atoms with Gasteiger partial charge in [0.25, 0.3) is 0 Å². The zero-order valence-corrected chi connectivity index (χ0v) is 14.9. The van der Waals surface area contributed by atoms with E-state index in [1.165, 1.54) is 0 Å². The molecule has 0 saturated carbocycles. The number of hydrogen-bond acceptors (Lipinski definition) is 5. The summed E-state index contributed by atoms with van der Waals surface area (Å²) in [6.07, 6.45) is 0.436. The Bertz CT molecular complexity index is 618. The normalized spacial score (nSPS) is 18.5. The molecule has 1 aromatic carbocycles. The van der Waals surface area contributed by atoms with Gasteiger partial charge in [-0.2, -0.15) is 0 Å². The van der Waals surface area contributed by atoms with Crippen LogP contribution in [-0.2, 0) is 20.7 Å². The number of aliphatic carboxylic acids is 1. The number of hydrogen-bond donors (Lipinski definition) is 1. The number of methoxy groups -OCH3 is 2. The van der Waals surface area contributed by atoms with Crippen molar-refractivity contribution in [1.82, 2.24) is 4.90 Å². The van der Waals surface area contributed by atoms with Crippen molar-refractivity contribution in [2.75, 3.05) is 34.0 Å². The van der Waals surface area contributed by atoms with E-state index in [1.54, 1.807) is 19.1 Å².